The highest BCUT2D eigenvalue weighted by Gasteiger charge is 2.28. The zero-order chi connectivity index (χ0) is 12.8. The van der Waals surface area contributed by atoms with Gasteiger partial charge in [0.2, 0.25) is 0 Å². The lowest BCUT2D eigenvalue weighted by Crippen LogP contribution is -2.52. The van der Waals surface area contributed by atoms with Crippen molar-refractivity contribution in [3.8, 4) is 0 Å². The van der Waals surface area contributed by atoms with Crippen molar-refractivity contribution in [1.82, 2.24) is 9.80 Å². The molecule has 0 aromatic rings. The highest BCUT2D eigenvalue weighted by Crippen LogP contribution is 2.04. The van der Waals surface area contributed by atoms with E-state index in [0.717, 1.165) is 7.11 Å². The van der Waals surface area contributed by atoms with E-state index in [1.54, 1.807) is 6.92 Å². The van der Waals surface area contributed by atoms with E-state index < -0.39 is 18.0 Å². The summed E-state index contributed by atoms with van der Waals surface area (Å²) in [6.07, 6.45) is -0.391. The van der Waals surface area contributed by atoms with Crippen LogP contribution in [0.5, 0.6) is 0 Å². The van der Waals surface area contributed by atoms with E-state index in [1.165, 1.54) is 9.80 Å². The van der Waals surface area contributed by atoms with E-state index in [4.69, 9.17) is 4.74 Å². The normalized spacial score (nSPS) is 15.4. The molecular formula is C10H16N2O5. The molecule has 0 bridgehead atoms. The van der Waals surface area contributed by atoms with Crippen LogP contribution in [0.4, 0.5) is 4.79 Å². The zero-order valence-electron chi connectivity index (χ0n) is 9.97. The van der Waals surface area contributed by atoms with E-state index in [-0.39, 0.29) is 0 Å². The quantitative estimate of drug-likeness (QED) is 0.457. The van der Waals surface area contributed by atoms with Gasteiger partial charge in [-0.3, -0.25) is 4.79 Å². The molecule has 0 N–H and O–H groups in total. The van der Waals surface area contributed by atoms with E-state index in [0.29, 0.717) is 32.8 Å². The molecule has 0 aromatic carbocycles. The van der Waals surface area contributed by atoms with Gasteiger partial charge >= 0.3 is 18.0 Å². The third-order valence-electron chi connectivity index (χ3n) is 2.45. The monoisotopic (exact) mass is 244 g/mol. The second-order valence-electron chi connectivity index (χ2n) is 3.47. The van der Waals surface area contributed by atoms with E-state index in [9.17, 15) is 14.4 Å². The highest BCUT2D eigenvalue weighted by atomic mass is 16.6. The summed E-state index contributed by atoms with van der Waals surface area (Å²) >= 11 is 0. The summed E-state index contributed by atoms with van der Waals surface area (Å²) in [7, 11) is 1.16. The van der Waals surface area contributed by atoms with E-state index in [1.807, 2.05) is 0 Å². The van der Waals surface area contributed by atoms with Crippen molar-refractivity contribution in [1.29, 1.82) is 0 Å². The van der Waals surface area contributed by atoms with Crippen molar-refractivity contribution >= 4 is 18.0 Å². The minimum absolute atomic E-state index is 0.312. The molecule has 0 spiro atoms. The highest BCUT2D eigenvalue weighted by molar-refractivity contribution is 6.32. The number of rotatable bonds is 1. The van der Waals surface area contributed by atoms with E-state index >= 15 is 0 Å². The van der Waals surface area contributed by atoms with Crippen LogP contribution in [0.1, 0.15) is 6.92 Å². The van der Waals surface area contributed by atoms with Crippen LogP contribution < -0.4 is 0 Å². The molecular weight excluding hydrogens is 228 g/mol. The van der Waals surface area contributed by atoms with Gasteiger partial charge in [-0.25, -0.2) is 9.59 Å². The predicted octanol–water partition coefficient (Wildman–Crippen LogP) is -0.540. The summed E-state index contributed by atoms with van der Waals surface area (Å²) in [5, 5.41) is 0. The van der Waals surface area contributed by atoms with Gasteiger partial charge in [0.15, 0.2) is 0 Å². The molecule has 1 aliphatic rings. The van der Waals surface area contributed by atoms with Gasteiger partial charge < -0.3 is 19.3 Å². The first-order chi connectivity index (χ1) is 8.10. The Labute approximate surface area is 99.2 Å². The fourth-order valence-corrected chi connectivity index (χ4v) is 1.52. The maximum atomic E-state index is 11.4. The molecule has 96 valence electrons. The van der Waals surface area contributed by atoms with Crippen molar-refractivity contribution in [2.75, 3.05) is 39.9 Å². The lowest BCUT2D eigenvalue weighted by molar-refractivity contribution is -0.158. The summed E-state index contributed by atoms with van der Waals surface area (Å²) in [6, 6.07) is 0. The summed E-state index contributed by atoms with van der Waals surface area (Å²) in [5.41, 5.74) is 0. The predicted molar refractivity (Wildman–Crippen MR) is 57.2 cm³/mol. The number of ether oxygens (including phenoxy) is 2. The maximum absolute atomic E-state index is 11.4. The Kier molecular flexibility index (Phi) is 4.74. The molecule has 0 aromatic heterocycles. The number of piperazine rings is 1. The second-order valence-corrected chi connectivity index (χ2v) is 3.47. The second kappa shape index (κ2) is 6.07. The summed E-state index contributed by atoms with van der Waals surface area (Å²) in [5.74, 6) is -1.55. The standard InChI is InChI=1S/C10H16N2O5/c1-3-17-10(15)12-6-4-11(5-7-12)8(13)9(14)16-2/h3-7H2,1-2H3. The van der Waals surface area contributed by atoms with Crippen LogP contribution in [0, 0.1) is 0 Å². The van der Waals surface area contributed by atoms with Crippen molar-refractivity contribution in [3.63, 3.8) is 0 Å². The van der Waals surface area contributed by atoms with Gasteiger partial charge in [0.1, 0.15) is 0 Å². The average Bonchev–Trinajstić information content (AvgIpc) is 2.37. The van der Waals surface area contributed by atoms with Crippen LogP contribution >= 0.6 is 0 Å². The first-order valence-corrected chi connectivity index (χ1v) is 5.39. The smallest absolute Gasteiger partial charge is 0.409 e. The Morgan fingerprint density at radius 2 is 1.59 bits per heavy atom. The van der Waals surface area contributed by atoms with Crippen LogP contribution in [0.3, 0.4) is 0 Å². The van der Waals surface area contributed by atoms with Crippen molar-refractivity contribution in [2.24, 2.45) is 0 Å². The number of carbonyl (C=O) groups excluding carboxylic acids is 3. The van der Waals surface area contributed by atoms with Crippen LogP contribution in [0.15, 0.2) is 0 Å². The molecule has 0 atom stereocenters. The number of methoxy groups -OCH3 is 1. The van der Waals surface area contributed by atoms with Gasteiger partial charge in [-0.1, -0.05) is 0 Å². The molecule has 1 saturated heterocycles. The summed E-state index contributed by atoms with van der Waals surface area (Å²) in [4.78, 5) is 36.7. The van der Waals surface area contributed by atoms with Crippen LogP contribution in [0.25, 0.3) is 0 Å². The Morgan fingerprint density at radius 3 is 2.06 bits per heavy atom. The number of esters is 1. The Balaban J connectivity index is 2.43. The number of hydrogen-bond donors (Lipinski definition) is 0. The van der Waals surface area contributed by atoms with Crippen LogP contribution in [-0.4, -0.2) is 67.7 Å². The number of nitrogens with zero attached hydrogens (tertiary/aromatic N) is 2. The van der Waals surface area contributed by atoms with Crippen molar-refractivity contribution in [2.45, 2.75) is 6.92 Å². The molecule has 0 saturated carbocycles. The van der Waals surface area contributed by atoms with Crippen LogP contribution in [-0.2, 0) is 19.1 Å². The van der Waals surface area contributed by atoms with Crippen LogP contribution in [0.2, 0.25) is 0 Å². The lowest BCUT2D eigenvalue weighted by Gasteiger charge is -2.33. The molecule has 1 fully saturated rings. The molecule has 0 aliphatic carbocycles. The minimum Gasteiger partial charge on any atom is -0.462 e. The largest absolute Gasteiger partial charge is 0.462 e. The minimum atomic E-state index is -0.880. The first-order valence-electron chi connectivity index (χ1n) is 5.39. The third-order valence-corrected chi connectivity index (χ3v) is 2.45. The SMILES string of the molecule is CCOC(=O)N1CCN(C(=O)C(=O)OC)CC1. The van der Waals surface area contributed by atoms with Gasteiger partial charge in [-0.2, -0.15) is 0 Å². The molecule has 7 heteroatoms. The number of hydrogen-bond acceptors (Lipinski definition) is 5. The molecule has 2 amide bonds. The molecule has 17 heavy (non-hydrogen) atoms. The molecule has 1 rings (SSSR count). The Bertz CT molecular complexity index is 310. The molecule has 1 heterocycles. The van der Waals surface area contributed by atoms with Crippen molar-refractivity contribution < 1.29 is 23.9 Å². The number of amides is 2. The van der Waals surface area contributed by atoms with Gasteiger partial charge in [0, 0.05) is 26.2 Å². The first kappa shape index (κ1) is 13.3. The molecule has 7 nitrogen and oxygen atoms in total. The number of carbonyl (C=O) groups is 3. The lowest BCUT2D eigenvalue weighted by atomic mass is 10.3. The van der Waals surface area contributed by atoms with Gasteiger partial charge in [0.25, 0.3) is 0 Å². The molecule has 1 aliphatic heterocycles. The fourth-order valence-electron chi connectivity index (χ4n) is 1.52. The summed E-state index contributed by atoms with van der Waals surface area (Å²) < 4.78 is 9.18. The topological polar surface area (TPSA) is 76.2 Å². The van der Waals surface area contributed by atoms with Crippen molar-refractivity contribution in [3.05, 3.63) is 0 Å². The maximum Gasteiger partial charge on any atom is 0.409 e. The molecule has 0 unspecified atom stereocenters. The summed E-state index contributed by atoms with van der Waals surface area (Å²) in [6.45, 7) is 3.40. The Hall–Kier alpha value is -1.79. The zero-order valence-corrected chi connectivity index (χ0v) is 9.97. The third kappa shape index (κ3) is 3.33. The molecule has 0 radical (unpaired) electrons. The average molecular weight is 244 g/mol. The Morgan fingerprint density at radius 1 is 1.06 bits per heavy atom. The van der Waals surface area contributed by atoms with Gasteiger partial charge in [-0.05, 0) is 6.92 Å². The van der Waals surface area contributed by atoms with E-state index in [2.05, 4.69) is 4.74 Å². The fraction of sp³-hybridized carbons (Fsp3) is 0.700. The van der Waals surface area contributed by atoms with Gasteiger partial charge in [0.05, 0.1) is 13.7 Å². The van der Waals surface area contributed by atoms with Gasteiger partial charge in [-0.15, -0.1) is 0 Å².